The van der Waals surface area contributed by atoms with Crippen molar-refractivity contribution in [3.8, 4) is 0 Å². The molecule has 1 aromatic carbocycles. The van der Waals surface area contributed by atoms with E-state index in [1.807, 2.05) is 31.2 Å². The number of aromatic nitrogens is 1. The molecule has 5 rings (SSSR count). The number of nitrogens with zero attached hydrogens (tertiary/aromatic N) is 4. The summed E-state index contributed by atoms with van der Waals surface area (Å²) in [5, 5.41) is 0. The van der Waals surface area contributed by atoms with Gasteiger partial charge in [0.15, 0.2) is 0 Å². The maximum absolute atomic E-state index is 13.6. The highest BCUT2D eigenvalue weighted by Gasteiger charge is 2.48. The van der Waals surface area contributed by atoms with E-state index in [9.17, 15) is 8.42 Å². The van der Waals surface area contributed by atoms with Gasteiger partial charge in [0.2, 0.25) is 10.0 Å². The number of piperazine rings is 1. The van der Waals surface area contributed by atoms with E-state index < -0.39 is 10.0 Å². The van der Waals surface area contributed by atoms with Crippen LogP contribution >= 0.6 is 0 Å². The third-order valence-corrected chi connectivity index (χ3v) is 10.0. The molecule has 3 fully saturated rings. The summed E-state index contributed by atoms with van der Waals surface area (Å²) >= 11 is 0. The zero-order chi connectivity index (χ0) is 23.4. The minimum atomic E-state index is -3.56. The molecule has 178 valence electrons. The van der Waals surface area contributed by atoms with Crippen molar-refractivity contribution in [1.82, 2.24) is 9.29 Å². The minimum Gasteiger partial charge on any atom is -0.366 e. The van der Waals surface area contributed by atoms with E-state index in [2.05, 4.69) is 47.7 Å². The lowest BCUT2D eigenvalue weighted by Gasteiger charge is -2.39. The van der Waals surface area contributed by atoms with Crippen LogP contribution in [-0.4, -0.2) is 56.0 Å². The minimum absolute atomic E-state index is 0.0238. The summed E-state index contributed by atoms with van der Waals surface area (Å²) in [6, 6.07) is 12.5. The second-order valence-corrected chi connectivity index (χ2v) is 12.9. The Morgan fingerprint density at radius 1 is 1.00 bits per heavy atom. The molecule has 2 aromatic rings. The number of pyridine rings is 1. The highest BCUT2D eigenvalue weighted by molar-refractivity contribution is 7.89. The maximum atomic E-state index is 13.6. The number of piperidine rings is 1. The van der Waals surface area contributed by atoms with Gasteiger partial charge in [0, 0.05) is 50.1 Å². The number of benzene rings is 1. The second-order valence-electron chi connectivity index (χ2n) is 11.0. The van der Waals surface area contributed by atoms with Crippen LogP contribution in [0.1, 0.15) is 45.6 Å². The molecule has 4 heterocycles. The Labute approximate surface area is 198 Å². The van der Waals surface area contributed by atoms with Gasteiger partial charge in [0.25, 0.3) is 0 Å². The molecule has 2 atom stereocenters. The molecule has 1 aromatic heterocycles. The van der Waals surface area contributed by atoms with Gasteiger partial charge in [-0.3, -0.25) is 0 Å². The fourth-order valence-electron chi connectivity index (χ4n) is 5.93. The van der Waals surface area contributed by atoms with Crippen LogP contribution in [0.25, 0.3) is 0 Å². The molecule has 0 saturated carbocycles. The highest BCUT2D eigenvalue weighted by Crippen LogP contribution is 2.39. The standard InChI is InChI=1S/C26H36N4O2S/c1-19-14-25(28-12-10-20(11-13-28)26(2,3)4)27-16-24(19)33(31,32)30-18-22-15-23(30)17-29(22)21-8-6-5-7-9-21/h5-9,14,16,20,22-23H,10-13,15,17-18H2,1-4H3/t22-,23-/m0/s1. The predicted octanol–water partition coefficient (Wildman–Crippen LogP) is 4.30. The van der Waals surface area contributed by atoms with Gasteiger partial charge in [-0.05, 0) is 61.3 Å². The third kappa shape index (κ3) is 4.14. The topological polar surface area (TPSA) is 56.8 Å². The molecule has 0 spiro atoms. The molecule has 33 heavy (non-hydrogen) atoms. The van der Waals surface area contributed by atoms with Crippen LogP contribution in [-0.2, 0) is 10.0 Å². The molecular weight excluding hydrogens is 432 g/mol. The van der Waals surface area contributed by atoms with Crippen molar-refractivity contribution in [1.29, 1.82) is 0 Å². The van der Waals surface area contributed by atoms with Crippen molar-refractivity contribution in [3.05, 3.63) is 48.2 Å². The first-order valence-electron chi connectivity index (χ1n) is 12.2. The lowest BCUT2D eigenvalue weighted by molar-refractivity contribution is 0.198. The monoisotopic (exact) mass is 468 g/mol. The average Bonchev–Trinajstić information content (AvgIpc) is 3.41. The summed E-state index contributed by atoms with van der Waals surface area (Å²) in [6.07, 6.45) is 4.79. The van der Waals surface area contributed by atoms with Crippen molar-refractivity contribution in [3.63, 3.8) is 0 Å². The summed E-state index contributed by atoms with van der Waals surface area (Å²) in [5.74, 6) is 1.62. The van der Waals surface area contributed by atoms with E-state index in [0.29, 0.717) is 16.9 Å². The van der Waals surface area contributed by atoms with E-state index in [4.69, 9.17) is 0 Å². The molecule has 3 aliphatic heterocycles. The van der Waals surface area contributed by atoms with Gasteiger partial charge in [0.05, 0.1) is 0 Å². The quantitative estimate of drug-likeness (QED) is 0.670. The Hall–Kier alpha value is -2.12. The van der Waals surface area contributed by atoms with Crippen molar-refractivity contribution >= 4 is 21.5 Å². The van der Waals surface area contributed by atoms with Gasteiger partial charge >= 0.3 is 0 Å². The van der Waals surface area contributed by atoms with Crippen LogP contribution < -0.4 is 9.80 Å². The predicted molar refractivity (Wildman–Crippen MR) is 133 cm³/mol. The number of fused-ring (bicyclic) bond motifs is 2. The summed E-state index contributed by atoms with van der Waals surface area (Å²) < 4.78 is 28.9. The molecule has 3 aliphatic rings. The Kier molecular flexibility index (Phi) is 5.68. The van der Waals surface area contributed by atoms with Crippen LogP contribution in [0.5, 0.6) is 0 Å². The lowest BCUT2D eigenvalue weighted by atomic mass is 9.75. The van der Waals surface area contributed by atoms with Crippen molar-refractivity contribution in [2.24, 2.45) is 11.3 Å². The number of rotatable bonds is 4. The summed E-state index contributed by atoms with van der Waals surface area (Å²) in [4.78, 5) is 9.64. The second kappa shape index (κ2) is 8.27. The third-order valence-electron chi connectivity index (χ3n) is 7.96. The molecule has 0 aliphatic carbocycles. The SMILES string of the molecule is Cc1cc(N2CCC(C(C)(C)C)CC2)ncc1S(=O)(=O)N1C[C@@H]2C[C@H]1CN2c1ccccc1. The number of anilines is 2. The van der Waals surface area contributed by atoms with Gasteiger partial charge in [-0.2, -0.15) is 4.31 Å². The maximum Gasteiger partial charge on any atom is 0.245 e. The normalized spacial score (nSPS) is 24.6. The first kappa shape index (κ1) is 22.7. The summed E-state index contributed by atoms with van der Waals surface area (Å²) in [7, 11) is -3.56. The van der Waals surface area contributed by atoms with Crippen LogP contribution in [0.2, 0.25) is 0 Å². The van der Waals surface area contributed by atoms with Gasteiger partial charge in [0.1, 0.15) is 10.7 Å². The van der Waals surface area contributed by atoms with Crippen LogP contribution in [0.3, 0.4) is 0 Å². The zero-order valence-corrected chi connectivity index (χ0v) is 21.1. The van der Waals surface area contributed by atoms with Crippen molar-refractivity contribution in [2.45, 2.75) is 63.9 Å². The first-order valence-corrected chi connectivity index (χ1v) is 13.6. The molecule has 0 N–H and O–H groups in total. The van der Waals surface area contributed by atoms with E-state index >= 15 is 0 Å². The Bertz CT molecular complexity index is 1100. The Morgan fingerprint density at radius 3 is 2.27 bits per heavy atom. The molecule has 0 amide bonds. The van der Waals surface area contributed by atoms with Gasteiger partial charge in [-0.1, -0.05) is 39.0 Å². The fourth-order valence-corrected chi connectivity index (χ4v) is 7.75. The van der Waals surface area contributed by atoms with Gasteiger partial charge < -0.3 is 9.80 Å². The number of sulfonamides is 1. The molecule has 6 nitrogen and oxygen atoms in total. The summed E-state index contributed by atoms with van der Waals surface area (Å²) in [6.45, 7) is 12.1. The first-order chi connectivity index (χ1) is 15.6. The van der Waals surface area contributed by atoms with Crippen LogP contribution in [0.15, 0.2) is 47.5 Å². The number of hydrogen-bond acceptors (Lipinski definition) is 5. The average molecular weight is 469 g/mol. The van der Waals surface area contributed by atoms with Crippen LogP contribution in [0.4, 0.5) is 11.5 Å². The van der Waals surface area contributed by atoms with Crippen molar-refractivity contribution < 1.29 is 8.42 Å². The molecule has 2 bridgehead atoms. The zero-order valence-electron chi connectivity index (χ0n) is 20.2. The molecule has 0 unspecified atom stereocenters. The lowest BCUT2D eigenvalue weighted by Crippen LogP contribution is -2.48. The van der Waals surface area contributed by atoms with E-state index in [0.717, 1.165) is 56.2 Å². The highest BCUT2D eigenvalue weighted by atomic mass is 32.2. The van der Waals surface area contributed by atoms with Gasteiger partial charge in [-0.15, -0.1) is 0 Å². The number of para-hydroxylation sites is 1. The Morgan fingerprint density at radius 2 is 1.70 bits per heavy atom. The fraction of sp³-hybridized carbons (Fsp3) is 0.577. The van der Waals surface area contributed by atoms with E-state index in [1.165, 1.54) is 5.69 Å². The number of aryl methyl sites for hydroxylation is 1. The van der Waals surface area contributed by atoms with Crippen molar-refractivity contribution in [2.75, 3.05) is 36.0 Å². The summed E-state index contributed by atoms with van der Waals surface area (Å²) in [5.41, 5.74) is 2.30. The molecular formula is C26H36N4O2S. The van der Waals surface area contributed by atoms with Gasteiger partial charge in [-0.25, -0.2) is 13.4 Å². The van der Waals surface area contributed by atoms with Crippen LogP contribution in [0, 0.1) is 18.3 Å². The smallest absolute Gasteiger partial charge is 0.245 e. The molecule has 7 heteroatoms. The van der Waals surface area contributed by atoms with E-state index in [-0.39, 0.29) is 12.1 Å². The molecule has 0 radical (unpaired) electrons. The molecule has 3 saturated heterocycles. The largest absolute Gasteiger partial charge is 0.366 e. The Balaban J connectivity index is 1.29. The van der Waals surface area contributed by atoms with E-state index in [1.54, 1.807) is 10.5 Å². The number of hydrogen-bond donors (Lipinski definition) is 0.